The fourth-order valence-corrected chi connectivity index (χ4v) is 3.15. The topological polar surface area (TPSA) is 33.2 Å². The largest absolute Gasteiger partial charge is 0.338 e. The fraction of sp³-hybridized carbons (Fsp3) is 0.636. The molecule has 0 radical (unpaired) electrons. The SMILES string of the molecule is CC(Br)C1CCN(C(=O)c2cncs2)CC1. The van der Waals surface area contributed by atoms with Crippen LogP contribution in [0, 0.1) is 5.92 Å². The molecule has 1 aromatic heterocycles. The van der Waals surface area contributed by atoms with E-state index in [0.29, 0.717) is 10.7 Å². The summed E-state index contributed by atoms with van der Waals surface area (Å²) in [6, 6.07) is 0. The van der Waals surface area contributed by atoms with Crippen LogP contribution in [0.2, 0.25) is 0 Å². The van der Waals surface area contributed by atoms with E-state index in [1.165, 1.54) is 11.3 Å². The maximum Gasteiger partial charge on any atom is 0.265 e. The van der Waals surface area contributed by atoms with Crippen LogP contribution >= 0.6 is 27.3 Å². The smallest absolute Gasteiger partial charge is 0.265 e. The summed E-state index contributed by atoms with van der Waals surface area (Å²) in [5, 5.41) is 0. The Bertz CT molecular complexity index is 345. The van der Waals surface area contributed by atoms with Gasteiger partial charge in [-0.3, -0.25) is 9.78 Å². The second-order valence-corrected chi connectivity index (χ2v) is 6.50. The van der Waals surface area contributed by atoms with Crippen LogP contribution in [-0.2, 0) is 0 Å². The lowest BCUT2D eigenvalue weighted by atomic mass is 9.94. The van der Waals surface area contributed by atoms with Crippen molar-refractivity contribution in [1.82, 2.24) is 9.88 Å². The second-order valence-electron chi connectivity index (χ2n) is 4.17. The molecule has 0 N–H and O–H groups in total. The molecule has 0 spiro atoms. The van der Waals surface area contributed by atoms with Crippen LogP contribution in [-0.4, -0.2) is 33.7 Å². The first-order chi connectivity index (χ1) is 7.68. The van der Waals surface area contributed by atoms with Gasteiger partial charge in [0.2, 0.25) is 0 Å². The van der Waals surface area contributed by atoms with Crippen molar-refractivity contribution in [2.24, 2.45) is 5.92 Å². The molecule has 2 rings (SSSR count). The maximum absolute atomic E-state index is 12.0. The third-order valence-electron chi connectivity index (χ3n) is 3.12. The molecule has 1 aliphatic rings. The van der Waals surface area contributed by atoms with Crippen molar-refractivity contribution in [1.29, 1.82) is 0 Å². The normalized spacial score (nSPS) is 19.8. The Labute approximate surface area is 108 Å². The molecule has 1 atom stereocenters. The molecule has 1 aromatic rings. The number of hydrogen-bond acceptors (Lipinski definition) is 3. The van der Waals surface area contributed by atoms with E-state index in [4.69, 9.17) is 0 Å². The molecule has 5 heteroatoms. The highest BCUT2D eigenvalue weighted by Gasteiger charge is 2.26. The number of thiazole rings is 1. The third kappa shape index (κ3) is 2.63. The molecular weight excluding hydrogens is 288 g/mol. The number of alkyl halides is 1. The van der Waals surface area contributed by atoms with Crippen molar-refractivity contribution in [3.63, 3.8) is 0 Å². The number of carbonyl (C=O) groups excluding carboxylic acids is 1. The monoisotopic (exact) mass is 302 g/mol. The minimum atomic E-state index is 0.142. The highest BCUT2D eigenvalue weighted by Crippen LogP contribution is 2.26. The molecular formula is C11H15BrN2OS. The summed E-state index contributed by atoms with van der Waals surface area (Å²) in [5.74, 6) is 0.841. The van der Waals surface area contributed by atoms with E-state index < -0.39 is 0 Å². The average molecular weight is 303 g/mol. The van der Waals surface area contributed by atoms with E-state index in [9.17, 15) is 4.79 Å². The summed E-state index contributed by atoms with van der Waals surface area (Å²) < 4.78 is 0. The molecule has 0 saturated carbocycles. The van der Waals surface area contributed by atoms with Crippen LogP contribution < -0.4 is 0 Å². The van der Waals surface area contributed by atoms with Crippen molar-refractivity contribution in [2.45, 2.75) is 24.6 Å². The lowest BCUT2D eigenvalue weighted by Crippen LogP contribution is -2.39. The molecule has 2 heterocycles. The number of hydrogen-bond donors (Lipinski definition) is 0. The molecule has 0 aliphatic carbocycles. The highest BCUT2D eigenvalue weighted by molar-refractivity contribution is 9.09. The number of likely N-dealkylation sites (tertiary alicyclic amines) is 1. The van der Waals surface area contributed by atoms with Gasteiger partial charge in [-0.2, -0.15) is 0 Å². The molecule has 3 nitrogen and oxygen atoms in total. The molecule has 1 amide bonds. The Kier molecular flexibility index (Phi) is 3.97. The van der Waals surface area contributed by atoms with Crippen molar-refractivity contribution >= 4 is 33.2 Å². The molecule has 0 aromatic carbocycles. The van der Waals surface area contributed by atoms with E-state index in [2.05, 4.69) is 27.8 Å². The molecule has 88 valence electrons. The van der Waals surface area contributed by atoms with E-state index >= 15 is 0 Å². The number of carbonyl (C=O) groups is 1. The van der Waals surface area contributed by atoms with Gasteiger partial charge in [0.1, 0.15) is 4.88 Å². The predicted molar refractivity (Wildman–Crippen MR) is 69.1 cm³/mol. The molecule has 1 unspecified atom stereocenters. The van der Waals surface area contributed by atoms with Gasteiger partial charge in [-0.15, -0.1) is 11.3 Å². The van der Waals surface area contributed by atoms with Crippen molar-refractivity contribution in [2.75, 3.05) is 13.1 Å². The van der Waals surface area contributed by atoms with Gasteiger partial charge in [0, 0.05) is 17.9 Å². The first-order valence-electron chi connectivity index (χ1n) is 5.50. The van der Waals surface area contributed by atoms with Crippen LogP contribution in [0.4, 0.5) is 0 Å². The molecule has 1 aliphatic heterocycles. The highest BCUT2D eigenvalue weighted by atomic mass is 79.9. The standard InChI is InChI=1S/C11H15BrN2OS/c1-8(12)9-2-4-14(5-3-9)11(15)10-6-13-7-16-10/h6-9H,2-5H2,1H3. The Balaban J connectivity index is 1.92. The Hall–Kier alpha value is -0.420. The molecule has 0 bridgehead atoms. The average Bonchev–Trinajstić information content (AvgIpc) is 2.81. The fourth-order valence-electron chi connectivity index (χ4n) is 2.04. The Morgan fingerprint density at radius 2 is 2.31 bits per heavy atom. The van der Waals surface area contributed by atoms with Gasteiger partial charge in [0.25, 0.3) is 5.91 Å². The minimum Gasteiger partial charge on any atom is -0.338 e. The molecule has 16 heavy (non-hydrogen) atoms. The molecule has 1 saturated heterocycles. The van der Waals surface area contributed by atoms with Gasteiger partial charge in [0.15, 0.2) is 0 Å². The van der Waals surface area contributed by atoms with E-state index in [1.54, 1.807) is 11.7 Å². The lowest BCUT2D eigenvalue weighted by Gasteiger charge is -2.32. The number of nitrogens with zero attached hydrogens (tertiary/aromatic N) is 2. The van der Waals surface area contributed by atoms with Gasteiger partial charge in [0.05, 0.1) is 11.7 Å². The predicted octanol–water partition coefficient (Wildman–Crippen LogP) is 2.78. The van der Waals surface area contributed by atoms with Crippen molar-refractivity contribution in [3.05, 3.63) is 16.6 Å². The summed E-state index contributed by atoms with van der Waals surface area (Å²) in [4.78, 5) is 19.2. The Morgan fingerprint density at radius 1 is 1.62 bits per heavy atom. The van der Waals surface area contributed by atoms with Gasteiger partial charge in [-0.25, -0.2) is 0 Å². The van der Waals surface area contributed by atoms with E-state index in [0.717, 1.165) is 30.8 Å². The zero-order valence-electron chi connectivity index (χ0n) is 9.23. The maximum atomic E-state index is 12.0. The summed E-state index contributed by atoms with van der Waals surface area (Å²) in [7, 11) is 0. The van der Waals surface area contributed by atoms with Crippen LogP contribution in [0.5, 0.6) is 0 Å². The van der Waals surface area contributed by atoms with Gasteiger partial charge >= 0.3 is 0 Å². The summed E-state index contributed by atoms with van der Waals surface area (Å²) in [6.45, 7) is 3.93. The quantitative estimate of drug-likeness (QED) is 0.787. The summed E-state index contributed by atoms with van der Waals surface area (Å²) in [6.07, 6.45) is 3.85. The zero-order valence-corrected chi connectivity index (χ0v) is 11.6. The summed E-state index contributed by atoms with van der Waals surface area (Å²) >= 11 is 5.04. The second kappa shape index (κ2) is 5.27. The van der Waals surface area contributed by atoms with Crippen LogP contribution in [0.1, 0.15) is 29.4 Å². The zero-order chi connectivity index (χ0) is 11.5. The number of aromatic nitrogens is 1. The number of piperidine rings is 1. The van der Waals surface area contributed by atoms with Gasteiger partial charge in [-0.1, -0.05) is 22.9 Å². The summed E-state index contributed by atoms with van der Waals surface area (Å²) in [5.41, 5.74) is 1.71. The lowest BCUT2D eigenvalue weighted by molar-refractivity contribution is 0.0696. The van der Waals surface area contributed by atoms with Crippen molar-refractivity contribution < 1.29 is 4.79 Å². The number of amides is 1. The number of rotatable bonds is 2. The molecule has 1 fully saturated rings. The van der Waals surface area contributed by atoms with Crippen LogP contribution in [0.15, 0.2) is 11.7 Å². The van der Waals surface area contributed by atoms with E-state index in [1.807, 2.05) is 4.90 Å². The first-order valence-corrected chi connectivity index (χ1v) is 7.30. The van der Waals surface area contributed by atoms with Crippen molar-refractivity contribution in [3.8, 4) is 0 Å². The first kappa shape index (κ1) is 12.0. The number of halogens is 1. The van der Waals surface area contributed by atoms with Gasteiger partial charge < -0.3 is 4.90 Å². The minimum absolute atomic E-state index is 0.142. The van der Waals surface area contributed by atoms with E-state index in [-0.39, 0.29) is 5.91 Å². The Morgan fingerprint density at radius 3 is 2.81 bits per heavy atom. The third-order valence-corrected chi connectivity index (χ3v) is 4.63. The van der Waals surface area contributed by atoms with Gasteiger partial charge in [-0.05, 0) is 18.8 Å². The van der Waals surface area contributed by atoms with Crippen LogP contribution in [0.3, 0.4) is 0 Å². The van der Waals surface area contributed by atoms with Crippen LogP contribution in [0.25, 0.3) is 0 Å².